The number of hydrogen-bond donors (Lipinski definition) is 1. The van der Waals surface area contributed by atoms with Crippen LogP contribution in [-0.2, 0) is 12.8 Å². The van der Waals surface area contributed by atoms with E-state index in [4.69, 9.17) is 5.73 Å². The van der Waals surface area contributed by atoms with Gasteiger partial charge in [0, 0.05) is 10.9 Å². The minimum absolute atomic E-state index is 0.377. The summed E-state index contributed by atoms with van der Waals surface area (Å²) in [6.45, 7) is 2.06. The summed E-state index contributed by atoms with van der Waals surface area (Å²) in [6.07, 6.45) is 3.23. The maximum atomic E-state index is 5.84. The number of thiazole rings is 1. The van der Waals surface area contributed by atoms with Crippen LogP contribution >= 0.6 is 11.3 Å². The van der Waals surface area contributed by atoms with E-state index >= 15 is 0 Å². The van der Waals surface area contributed by atoms with E-state index in [2.05, 4.69) is 11.9 Å². The molecule has 1 aliphatic rings. The maximum absolute atomic E-state index is 5.84. The van der Waals surface area contributed by atoms with Crippen LogP contribution in [-0.4, -0.2) is 11.0 Å². The first-order valence-electron chi connectivity index (χ1n) is 3.96. The number of aromatic nitrogens is 1. The molecule has 1 aromatic heterocycles. The molecule has 0 fully saturated rings. The minimum atomic E-state index is 0.377. The van der Waals surface area contributed by atoms with E-state index in [1.807, 2.05) is 0 Å². The van der Waals surface area contributed by atoms with Gasteiger partial charge in [-0.25, -0.2) is 4.98 Å². The van der Waals surface area contributed by atoms with Crippen molar-refractivity contribution < 1.29 is 0 Å². The van der Waals surface area contributed by atoms with E-state index in [-0.39, 0.29) is 0 Å². The monoisotopic (exact) mass is 168 g/mol. The van der Waals surface area contributed by atoms with E-state index < -0.39 is 0 Å². The van der Waals surface area contributed by atoms with E-state index in [9.17, 15) is 0 Å². The third kappa shape index (κ3) is 1.30. The normalized spacial score (nSPS) is 23.3. The fraction of sp³-hybridized carbons (Fsp3) is 0.625. The third-order valence-electron chi connectivity index (χ3n) is 2.08. The smallest absolute Gasteiger partial charge is 0.0900 e. The van der Waals surface area contributed by atoms with Crippen LogP contribution in [0, 0.1) is 6.92 Å². The zero-order valence-electron chi connectivity index (χ0n) is 6.63. The molecule has 2 nitrogen and oxygen atoms in total. The quantitative estimate of drug-likeness (QED) is 0.633. The van der Waals surface area contributed by atoms with Crippen LogP contribution in [0.5, 0.6) is 0 Å². The molecule has 0 spiro atoms. The van der Waals surface area contributed by atoms with Crippen molar-refractivity contribution in [3.8, 4) is 0 Å². The zero-order chi connectivity index (χ0) is 7.84. The summed E-state index contributed by atoms with van der Waals surface area (Å²) in [4.78, 5) is 5.87. The number of aryl methyl sites for hydroxylation is 2. The molecule has 1 heterocycles. The molecule has 0 aliphatic heterocycles. The van der Waals surface area contributed by atoms with Gasteiger partial charge in [-0.05, 0) is 26.2 Å². The Morgan fingerprint density at radius 2 is 2.45 bits per heavy atom. The molecule has 3 heteroatoms. The van der Waals surface area contributed by atoms with E-state index in [1.165, 1.54) is 15.6 Å². The average Bonchev–Trinajstić information content (AvgIpc) is 2.27. The molecule has 2 rings (SSSR count). The van der Waals surface area contributed by atoms with Gasteiger partial charge < -0.3 is 5.73 Å². The summed E-state index contributed by atoms with van der Waals surface area (Å²) in [5.41, 5.74) is 7.14. The van der Waals surface area contributed by atoms with Crippen molar-refractivity contribution in [3.63, 3.8) is 0 Å². The molecular weight excluding hydrogens is 156 g/mol. The van der Waals surface area contributed by atoms with Crippen LogP contribution in [0.3, 0.4) is 0 Å². The van der Waals surface area contributed by atoms with Gasteiger partial charge in [-0.15, -0.1) is 11.3 Å². The second-order valence-corrected chi connectivity index (χ2v) is 4.39. The van der Waals surface area contributed by atoms with Crippen molar-refractivity contribution in [2.45, 2.75) is 32.2 Å². The molecule has 0 unspecified atom stereocenters. The number of rotatable bonds is 0. The average molecular weight is 168 g/mol. The van der Waals surface area contributed by atoms with Crippen molar-refractivity contribution >= 4 is 11.3 Å². The second kappa shape index (κ2) is 2.57. The van der Waals surface area contributed by atoms with Gasteiger partial charge in [-0.1, -0.05) is 0 Å². The van der Waals surface area contributed by atoms with Crippen molar-refractivity contribution in [2.24, 2.45) is 5.73 Å². The largest absolute Gasteiger partial charge is 0.327 e. The first-order valence-corrected chi connectivity index (χ1v) is 4.78. The Labute approximate surface area is 70.5 Å². The summed E-state index contributed by atoms with van der Waals surface area (Å²) < 4.78 is 0. The molecule has 0 bridgehead atoms. The summed E-state index contributed by atoms with van der Waals surface area (Å²) in [7, 11) is 0. The molecule has 1 aromatic rings. The van der Waals surface area contributed by atoms with Crippen LogP contribution in [0.1, 0.15) is 22.0 Å². The van der Waals surface area contributed by atoms with Gasteiger partial charge in [0.2, 0.25) is 0 Å². The highest BCUT2D eigenvalue weighted by molar-refractivity contribution is 7.11. The number of nitrogens with two attached hydrogens (primary N) is 1. The highest BCUT2D eigenvalue weighted by atomic mass is 32.1. The van der Waals surface area contributed by atoms with Gasteiger partial charge >= 0.3 is 0 Å². The maximum Gasteiger partial charge on any atom is 0.0900 e. The topological polar surface area (TPSA) is 38.9 Å². The van der Waals surface area contributed by atoms with Crippen LogP contribution in [0.15, 0.2) is 0 Å². The standard InChI is InChI=1S/C8H12N2S/c1-5-10-7-3-2-6(9)4-8(7)11-5/h6H,2-4,9H2,1H3/t6-/m0/s1. The lowest BCUT2D eigenvalue weighted by Crippen LogP contribution is -2.26. The SMILES string of the molecule is Cc1nc2c(s1)C[C@@H](N)CC2. The number of fused-ring (bicyclic) bond motifs is 1. The van der Waals surface area contributed by atoms with Crippen LogP contribution in [0.4, 0.5) is 0 Å². The molecular formula is C8H12N2S. The lowest BCUT2D eigenvalue weighted by molar-refractivity contribution is 0.576. The Morgan fingerprint density at radius 1 is 1.64 bits per heavy atom. The Morgan fingerprint density at radius 3 is 3.27 bits per heavy atom. The Kier molecular flexibility index (Phi) is 1.69. The molecule has 11 heavy (non-hydrogen) atoms. The van der Waals surface area contributed by atoms with Gasteiger partial charge in [0.15, 0.2) is 0 Å². The van der Waals surface area contributed by atoms with Crippen LogP contribution < -0.4 is 5.73 Å². The Bertz CT molecular complexity index is 267. The van der Waals surface area contributed by atoms with Gasteiger partial charge in [0.05, 0.1) is 10.7 Å². The van der Waals surface area contributed by atoms with Crippen molar-refractivity contribution in [1.82, 2.24) is 4.98 Å². The third-order valence-corrected chi connectivity index (χ3v) is 3.12. The predicted octanol–water partition coefficient (Wildman–Crippen LogP) is 1.27. The second-order valence-electron chi connectivity index (χ2n) is 3.11. The minimum Gasteiger partial charge on any atom is -0.327 e. The van der Waals surface area contributed by atoms with Crippen LogP contribution in [0.25, 0.3) is 0 Å². The molecule has 0 radical (unpaired) electrons. The highest BCUT2D eigenvalue weighted by Crippen LogP contribution is 2.25. The molecule has 1 aliphatic carbocycles. The van der Waals surface area contributed by atoms with E-state index in [0.29, 0.717) is 6.04 Å². The lowest BCUT2D eigenvalue weighted by atomic mass is 9.99. The Balaban J connectivity index is 2.34. The number of nitrogens with zero attached hydrogens (tertiary/aromatic N) is 1. The van der Waals surface area contributed by atoms with Gasteiger partial charge in [-0.2, -0.15) is 0 Å². The first kappa shape index (κ1) is 7.25. The fourth-order valence-corrected chi connectivity index (χ4v) is 2.60. The highest BCUT2D eigenvalue weighted by Gasteiger charge is 2.18. The summed E-state index contributed by atoms with van der Waals surface area (Å²) in [5.74, 6) is 0. The molecule has 0 amide bonds. The molecule has 60 valence electrons. The van der Waals surface area contributed by atoms with Gasteiger partial charge in [0.25, 0.3) is 0 Å². The summed E-state index contributed by atoms with van der Waals surface area (Å²) >= 11 is 1.80. The molecule has 0 aromatic carbocycles. The zero-order valence-corrected chi connectivity index (χ0v) is 7.45. The molecule has 1 atom stereocenters. The van der Waals surface area contributed by atoms with E-state index in [1.54, 1.807) is 11.3 Å². The molecule has 0 saturated heterocycles. The summed E-state index contributed by atoms with van der Waals surface area (Å²) in [5, 5.41) is 1.18. The molecule has 2 N–H and O–H groups in total. The van der Waals surface area contributed by atoms with E-state index in [0.717, 1.165) is 19.3 Å². The lowest BCUT2D eigenvalue weighted by Gasteiger charge is -2.15. The summed E-state index contributed by atoms with van der Waals surface area (Å²) in [6, 6.07) is 0.377. The van der Waals surface area contributed by atoms with Gasteiger partial charge in [-0.3, -0.25) is 0 Å². The Hall–Kier alpha value is -0.410. The van der Waals surface area contributed by atoms with Crippen molar-refractivity contribution in [1.29, 1.82) is 0 Å². The van der Waals surface area contributed by atoms with Gasteiger partial charge in [0.1, 0.15) is 0 Å². The first-order chi connectivity index (χ1) is 5.25. The number of hydrogen-bond acceptors (Lipinski definition) is 3. The predicted molar refractivity (Wildman–Crippen MR) is 46.9 cm³/mol. The van der Waals surface area contributed by atoms with Crippen LogP contribution in [0.2, 0.25) is 0 Å². The fourth-order valence-electron chi connectivity index (χ4n) is 1.53. The van der Waals surface area contributed by atoms with Crippen molar-refractivity contribution in [3.05, 3.63) is 15.6 Å². The molecule has 0 saturated carbocycles. The van der Waals surface area contributed by atoms with Crippen molar-refractivity contribution in [2.75, 3.05) is 0 Å².